The van der Waals surface area contributed by atoms with E-state index in [1.54, 1.807) is 17.7 Å². The first-order valence-electron chi connectivity index (χ1n) is 7.81. The number of hydrogen-bond donors (Lipinski definition) is 1. The van der Waals surface area contributed by atoms with E-state index in [-0.39, 0.29) is 23.4 Å². The Morgan fingerprint density at radius 2 is 1.76 bits per heavy atom. The molecular formula is C19H17N3O3. The average molecular weight is 335 g/mol. The predicted molar refractivity (Wildman–Crippen MR) is 92.2 cm³/mol. The van der Waals surface area contributed by atoms with E-state index in [1.165, 1.54) is 12.1 Å². The van der Waals surface area contributed by atoms with Gasteiger partial charge in [0.25, 0.3) is 0 Å². The van der Waals surface area contributed by atoms with Gasteiger partial charge in [-0.2, -0.15) is 0 Å². The normalized spacial score (nSPS) is 10.6. The molecule has 1 aromatic heterocycles. The van der Waals surface area contributed by atoms with Crippen molar-refractivity contribution in [3.8, 4) is 11.4 Å². The quantitative estimate of drug-likeness (QED) is 0.572. The number of nitrogens with zero attached hydrogens (tertiary/aromatic N) is 3. The van der Waals surface area contributed by atoms with E-state index in [4.69, 9.17) is 0 Å². The van der Waals surface area contributed by atoms with Crippen LogP contribution in [-0.4, -0.2) is 31.7 Å². The number of para-hydroxylation sites is 1. The summed E-state index contributed by atoms with van der Waals surface area (Å²) >= 11 is 0. The fraction of sp³-hybridized carbons (Fsp3) is 0.158. The smallest absolute Gasteiger partial charge is 0.192 e. The maximum atomic E-state index is 12.5. The zero-order chi connectivity index (χ0) is 18.0. The van der Waals surface area contributed by atoms with Crippen molar-refractivity contribution in [2.75, 3.05) is 0 Å². The number of rotatable bonds is 5. The van der Waals surface area contributed by atoms with E-state index < -0.39 is 11.6 Å². The lowest BCUT2D eigenvalue weighted by atomic mass is 10.0. The molecule has 0 aliphatic rings. The summed E-state index contributed by atoms with van der Waals surface area (Å²) in [6, 6.07) is 14.0. The number of carbonyl (C=O) groups is 2. The molecule has 0 aliphatic heterocycles. The largest absolute Gasteiger partial charge is 0.507 e. The second kappa shape index (κ2) is 6.68. The molecular weight excluding hydrogens is 318 g/mol. The highest BCUT2D eigenvalue weighted by molar-refractivity contribution is 6.14. The Labute approximate surface area is 144 Å². The Hall–Kier alpha value is -3.28. The van der Waals surface area contributed by atoms with Crippen LogP contribution < -0.4 is 0 Å². The molecule has 0 aliphatic carbocycles. The molecule has 6 heteroatoms. The van der Waals surface area contributed by atoms with Gasteiger partial charge in [0.15, 0.2) is 17.3 Å². The molecule has 126 valence electrons. The molecule has 0 fully saturated rings. The molecule has 0 saturated carbocycles. The van der Waals surface area contributed by atoms with Crippen LogP contribution in [0.15, 0.2) is 48.5 Å². The van der Waals surface area contributed by atoms with Crippen molar-refractivity contribution in [3.63, 3.8) is 0 Å². The van der Waals surface area contributed by atoms with Crippen molar-refractivity contribution < 1.29 is 14.7 Å². The van der Waals surface area contributed by atoms with Gasteiger partial charge >= 0.3 is 0 Å². The summed E-state index contributed by atoms with van der Waals surface area (Å²) in [7, 11) is 0. The molecule has 3 rings (SSSR count). The SMILES string of the molecule is Cc1ccc(C(=O)CC(=O)c2nnn(-c3ccccc3)c2C)c(O)c1. The van der Waals surface area contributed by atoms with Gasteiger partial charge in [0.05, 0.1) is 23.4 Å². The lowest BCUT2D eigenvalue weighted by Crippen LogP contribution is -2.11. The van der Waals surface area contributed by atoms with Crippen LogP contribution in [0, 0.1) is 13.8 Å². The first kappa shape index (κ1) is 16.6. The topological polar surface area (TPSA) is 85.1 Å². The number of hydrogen-bond acceptors (Lipinski definition) is 5. The van der Waals surface area contributed by atoms with E-state index in [0.29, 0.717) is 5.69 Å². The number of aromatic nitrogens is 3. The molecule has 1 heterocycles. The fourth-order valence-corrected chi connectivity index (χ4v) is 2.60. The summed E-state index contributed by atoms with van der Waals surface area (Å²) < 4.78 is 1.56. The summed E-state index contributed by atoms with van der Waals surface area (Å²) in [5.74, 6) is -0.997. The van der Waals surface area contributed by atoms with Gasteiger partial charge in [0.1, 0.15) is 5.75 Å². The van der Waals surface area contributed by atoms with Crippen LogP contribution in [0.3, 0.4) is 0 Å². The Morgan fingerprint density at radius 1 is 1.04 bits per heavy atom. The van der Waals surface area contributed by atoms with E-state index >= 15 is 0 Å². The Kier molecular flexibility index (Phi) is 4.43. The van der Waals surface area contributed by atoms with Crippen LogP contribution in [0.4, 0.5) is 0 Å². The zero-order valence-corrected chi connectivity index (χ0v) is 13.9. The Morgan fingerprint density at radius 3 is 2.44 bits per heavy atom. The molecule has 0 saturated heterocycles. The van der Waals surface area contributed by atoms with Crippen molar-refractivity contribution in [3.05, 3.63) is 71.0 Å². The maximum Gasteiger partial charge on any atom is 0.192 e. The molecule has 3 aromatic rings. The molecule has 1 N–H and O–H groups in total. The van der Waals surface area contributed by atoms with E-state index in [2.05, 4.69) is 10.3 Å². The van der Waals surface area contributed by atoms with Crippen molar-refractivity contribution in [1.29, 1.82) is 0 Å². The third kappa shape index (κ3) is 3.33. The van der Waals surface area contributed by atoms with Crippen molar-refractivity contribution >= 4 is 11.6 Å². The summed E-state index contributed by atoms with van der Waals surface area (Å²) in [6.45, 7) is 3.54. The van der Waals surface area contributed by atoms with Crippen LogP contribution in [0.5, 0.6) is 5.75 Å². The highest BCUT2D eigenvalue weighted by Crippen LogP contribution is 2.21. The van der Waals surface area contributed by atoms with Crippen LogP contribution in [0.2, 0.25) is 0 Å². The molecule has 0 unspecified atom stereocenters. The minimum absolute atomic E-state index is 0.123. The van der Waals surface area contributed by atoms with Crippen molar-refractivity contribution in [1.82, 2.24) is 15.0 Å². The molecule has 0 spiro atoms. The number of aryl methyl sites for hydroxylation is 1. The zero-order valence-electron chi connectivity index (χ0n) is 13.9. The number of ketones is 2. The van der Waals surface area contributed by atoms with Gasteiger partial charge in [-0.05, 0) is 43.7 Å². The minimum Gasteiger partial charge on any atom is -0.507 e. The summed E-state index contributed by atoms with van der Waals surface area (Å²) in [5, 5.41) is 17.8. The number of aromatic hydroxyl groups is 1. The standard InChI is InChI=1S/C19H17N3O3/c1-12-8-9-15(16(23)10-12)17(24)11-18(25)19-13(2)22(21-20-19)14-6-4-3-5-7-14/h3-10,23H,11H2,1-2H3. The van der Waals surface area contributed by atoms with Gasteiger partial charge in [-0.3, -0.25) is 9.59 Å². The van der Waals surface area contributed by atoms with Gasteiger partial charge in [-0.15, -0.1) is 5.10 Å². The number of phenolic OH excluding ortho intramolecular Hbond substituents is 1. The first-order valence-corrected chi connectivity index (χ1v) is 7.81. The molecule has 6 nitrogen and oxygen atoms in total. The van der Waals surface area contributed by atoms with Crippen molar-refractivity contribution in [2.45, 2.75) is 20.3 Å². The van der Waals surface area contributed by atoms with Crippen molar-refractivity contribution in [2.24, 2.45) is 0 Å². The van der Waals surface area contributed by atoms with Crippen LogP contribution in [0.25, 0.3) is 5.69 Å². The fourth-order valence-electron chi connectivity index (χ4n) is 2.60. The van der Waals surface area contributed by atoms with Gasteiger partial charge < -0.3 is 5.11 Å². The molecule has 0 bridgehead atoms. The van der Waals surface area contributed by atoms with E-state index in [1.807, 2.05) is 37.3 Å². The summed E-state index contributed by atoms with van der Waals surface area (Å²) in [5.41, 5.74) is 2.48. The lowest BCUT2D eigenvalue weighted by molar-refractivity contribution is 0.0890. The van der Waals surface area contributed by atoms with Gasteiger partial charge in [0.2, 0.25) is 0 Å². The maximum absolute atomic E-state index is 12.5. The van der Waals surface area contributed by atoms with Crippen LogP contribution in [-0.2, 0) is 0 Å². The third-order valence-electron chi connectivity index (χ3n) is 3.93. The summed E-state index contributed by atoms with van der Waals surface area (Å²) in [4.78, 5) is 24.8. The second-order valence-electron chi connectivity index (χ2n) is 5.81. The first-order chi connectivity index (χ1) is 12.0. The number of phenols is 1. The van der Waals surface area contributed by atoms with Gasteiger partial charge in [0, 0.05) is 0 Å². The summed E-state index contributed by atoms with van der Waals surface area (Å²) in [6.07, 6.45) is -0.370. The average Bonchev–Trinajstić information content (AvgIpc) is 2.97. The molecule has 25 heavy (non-hydrogen) atoms. The van der Waals surface area contributed by atoms with Gasteiger partial charge in [-0.1, -0.05) is 29.5 Å². The molecule has 2 aromatic carbocycles. The molecule has 0 amide bonds. The second-order valence-corrected chi connectivity index (χ2v) is 5.81. The highest BCUT2D eigenvalue weighted by Gasteiger charge is 2.22. The minimum atomic E-state index is -0.448. The molecule has 0 radical (unpaired) electrons. The lowest BCUT2D eigenvalue weighted by Gasteiger charge is -2.05. The predicted octanol–water partition coefficient (Wildman–Crippen LogP) is 3.05. The van der Waals surface area contributed by atoms with Crippen LogP contribution >= 0.6 is 0 Å². The monoisotopic (exact) mass is 335 g/mol. The Bertz CT molecular complexity index is 946. The van der Waals surface area contributed by atoms with E-state index in [0.717, 1.165) is 11.3 Å². The van der Waals surface area contributed by atoms with E-state index in [9.17, 15) is 14.7 Å². The highest BCUT2D eigenvalue weighted by atomic mass is 16.3. The van der Waals surface area contributed by atoms with Crippen LogP contribution in [0.1, 0.15) is 38.5 Å². The Balaban J connectivity index is 1.82. The molecule has 0 atom stereocenters. The third-order valence-corrected chi connectivity index (χ3v) is 3.93. The number of carbonyl (C=O) groups excluding carboxylic acids is 2. The van der Waals surface area contributed by atoms with Gasteiger partial charge in [-0.25, -0.2) is 4.68 Å². The number of benzene rings is 2. The number of Topliss-reactive ketones (excluding diaryl/α,β-unsaturated/α-hetero) is 2.